The van der Waals surface area contributed by atoms with Crippen LogP contribution in [0.25, 0.3) is 0 Å². The molecule has 0 fully saturated rings. The van der Waals surface area contributed by atoms with Gasteiger partial charge >= 0.3 is 0 Å². The van der Waals surface area contributed by atoms with Crippen LogP contribution in [0.4, 0.5) is 4.39 Å². The molecule has 0 atom stereocenters. The molecule has 0 spiro atoms. The summed E-state index contributed by atoms with van der Waals surface area (Å²) in [6, 6.07) is 6.69. The molecule has 0 saturated heterocycles. The molecule has 6 heteroatoms. The summed E-state index contributed by atoms with van der Waals surface area (Å²) in [5.41, 5.74) is 2.02. The molecule has 0 unspecified atom stereocenters. The Morgan fingerprint density at radius 1 is 1.30 bits per heavy atom. The van der Waals surface area contributed by atoms with Gasteiger partial charge in [0.05, 0.1) is 17.2 Å². The van der Waals surface area contributed by atoms with E-state index < -0.39 is 0 Å². The van der Waals surface area contributed by atoms with E-state index in [0.29, 0.717) is 13.1 Å². The average molecular weight is 334 g/mol. The largest absolute Gasteiger partial charge is 0.357 e. The van der Waals surface area contributed by atoms with Crippen LogP contribution in [-0.2, 0) is 13.0 Å². The van der Waals surface area contributed by atoms with E-state index in [4.69, 9.17) is 0 Å². The number of guanidine groups is 1. The lowest BCUT2D eigenvalue weighted by atomic mass is 10.1. The fourth-order valence-corrected chi connectivity index (χ4v) is 3.09. The van der Waals surface area contributed by atoms with Gasteiger partial charge in [0.15, 0.2) is 5.96 Å². The smallest absolute Gasteiger partial charge is 0.191 e. The molecule has 0 radical (unpaired) electrons. The van der Waals surface area contributed by atoms with Crippen molar-refractivity contribution in [2.24, 2.45) is 4.99 Å². The number of rotatable bonds is 6. The third kappa shape index (κ3) is 5.63. The molecule has 2 aromatic rings. The summed E-state index contributed by atoms with van der Waals surface area (Å²) in [6.45, 7) is 8.17. The molecule has 0 amide bonds. The molecule has 1 heterocycles. The molecular weight excluding hydrogens is 311 g/mol. The Balaban J connectivity index is 1.90. The van der Waals surface area contributed by atoms with Gasteiger partial charge in [0.25, 0.3) is 0 Å². The van der Waals surface area contributed by atoms with Crippen LogP contribution in [0.2, 0.25) is 0 Å². The van der Waals surface area contributed by atoms with Crippen molar-refractivity contribution in [3.8, 4) is 0 Å². The van der Waals surface area contributed by atoms with Gasteiger partial charge in [-0.05, 0) is 44.9 Å². The number of hydrogen-bond acceptors (Lipinski definition) is 3. The van der Waals surface area contributed by atoms with Gasteiger partial charge in [-0.15, -0.1) is 11.3 Å². The maximum absolute atomic E-state index is 13.2. The highest BCUT2D eigenvalue weighted by Crippen LogP contribution is 2.17. The zero-order chi connectivity index (χ0) is 16.7. The first-order valence-electron chi connectivity index (χ1n) is 7.78. The van der Waals surface area contributed by atoms with Crippen LogP contribution in [0.3, 0.4) is 0 Å². The normalized spacial score (nSPS) is 11.6. The maximum Gasteiger partial charge on any atom is 0.191 e. The van der Waals surface area contributed by atoms with Gasteiger partial charge in [-0.3, -0.25) is 0 Å². The van der Waals surface area contributed by atoms with Crippen LogP contribution >= 0.6 is 11.3 Å². The lowest BCUT2D eigenvalue weighted by molar-refractivity contribution is 0.625. The highest BCUT2D eigenvalue weighted by Gasteiger charge is 2.05. The highest BCUT2D eigenvalue weighted by atomic mass is 32.1. The number of aryl methyl sites for hydroxylation is 2. The van der Waals surface area contributed by atoms with Crippen molar-refractivity contribution in [1.82, 2.24) is 15.6 Å². The predicted octanol–water partition coefficient (Wildman–Crippen LogP) is 3.20. The summed E-state index contributed by atoms with van der Waals surface area (Å²) in [5.74, 6) is 0.577. The SMILES string of the molecule is CCNC(=NCc1sc(C)nc1C)NCCc1cccc(F)c1. The molecule has 0 aliphatic rings. The van der Waals surface area contributed by atoms with Crippen molar-refractivity contribution < 1.29 is 4.39 Å². The number of aromatic nitrogens is 1. The Morgan fingerprint density at radius 2 is 2.13 bits per heavy atom. The van der Waals surface area contributed by atoms with Crippen molar-refractivity contribution in [2.75, 3.05) is 13.1 Å². The molecule has 1 aromatic carbocycles. The Hall–Kier alpha value is -1.95. The van der Waals surface area contributed by atoms with Crippen molar-refractivity contribution in [3.63, 3.8) is 0 Å². The summed E-state index contributed by atoms with van der Waals surface area (Å²) in [4.78, 5) is 10.2. The monoisotopic (exact) mass is 334 g/mol. The summed E-state index contributed by atoms with van der Waals surface area (Å²) >= 11 is 1.68. The molecule has 2 rings (SSSR count). The average Bonchev–Trinajstić information content (AvgIpc) is 2.83. The quantitative estimate of drug-likeness (QED) is 0.630. The van der Waals surface area contributed by atoms with Gasteiger partial charge in [0.1, 0.15) is 5.82 Å². The van der Waals surface area contributed by atoms with E-state index in [0.717, 1.165) is 35.2 Å². The molecule has 4 nitrogen and oxygen atoms in total. The molecule has 1 aromatic heterocycles. The van der Waals surface area contributed by atoms with E-state index in [1.807, 2.05) is 26.8 Å². The second-order valence-electron chi connectivity index (χ2n) is 5.24. The van der Waals surface area contributed by atoms with Gasteiger partial charge in [0.2, 0.25) is 0 Å². The first-order valence-corrected chi connectivity index (χ1v) is 8.59. The topological polar surface area (TPSA) is 49.3 Å². The fourth-order valence-electron chi connectivity index (χ4n) is 2.23. The lowest BCUT2D eigenvalue weighted by Gasteiger charge is -2.11. The zero-order valence-corrected chi connectivity index (χ0v) is 14.6. The van der Waals surface area contributed by atoms with E-state index >= 15 is 0 Å². The third-order valence-corrected chi connectivity index (χ3v) is 4.38. The standard InChI is InChI=1S/C17H23FN4S/c1-4-19-17(21-11-16-12(2)22-13(3)23-16)20-9-8-14-6-5-7-15(18)10-14/h5-7,10H,4,8-9,11H2,1-3H3,(H2,19,20,21). The zero-order valence-electron chi connectivity index (χ0n) is 13.8. The Labute approximate surface area is 140 Å². The minimum Gasteiger partial charge on any atom is -0.357 e. The van der Waals surface area contributed by atoms with Gasteiger partial charge in [-0.2, -0.15) is 0 Å². The summed E-state index contributed by atoms with van der Waals surface area (Å²) in [5, 5.41) is 7.58. The first-order chi connectivity index (χ1) is 11.1. The van der Waals surface area contributed by atoms with Crippen LogP contribution < -0.4 is 10.6 Å². The third-order valence-electron chi connectivity index (χ3n) is 3.32. The Kier molecular flexibility index (Phi) is 6.52. The number of nitrogens with zero attached hydrogens (tertiary/aromatic N) is 2. The maximum atomic E-state index is 13.2. The number of halogens is 1. The molecule has 124 valence electrons. The summed E-state index contributed by atoms with van der Waals surface area (Å²) in [6.07, 6.45) is 0.751. The molecule has 2 N–H and O–H groups in total. The molecule has 0 aliphatic heterocycles. The van der Waals surface area contributed by atoms with Crippen LogP contribution in [-0.4, -0.2) is 24.0 Å². The van der Waals surface area contributed by atoms with Crippen molar-refractivity contribution in [1.29, 1.82) is 0 Å². The lowest BCUT2D eigenvalue weighted by Crippen LogP contribution is -2.38. The van der Waals surface area contributed by atoms with E-state index in [-0.39, 0.29) is 5.82 Å². The molecular formula is C17H23FN4S. The van der Waals surface area contributed by atoms with E-state index in [1.54, 1.807) is 23.5 Å². The van der Waals surface area contributed by atoms with Crippen LogP contribution in [0.5, 0.6) is 0 Å². The number of benzene rings is 1. The predicted molar refractivity (Wildman–Crippen MR) is 94.5 cm³/mol. The summed E-state index contributed by atoms with van der Waals surface area (Å²) < 4.78 is 13.2. The molecule has 0 bridgehead atoms. The highest BCUT2D eigenvalue weighted by molar-refractivity contribution is 7.11. The van der Waals surface area contributed by atoms with Crippen LogP contribution in [0.15, 0.2) is 29.3 Å². The second-order valence-corrected chi connectivity index (χ2v) is 6.53. The van der Waals surface area contributed by atoms with Crippen molar-refractivity contribution >= 4 is 17.3 Å². The second kappa shape index (κ2) is 8.62. The number of nitrogens with one attached hydrogen (secondary N) is 2. The van der Waals surface area contributed by atoms with E-state index in [2.05, 4.69) is 20.6 Å². The van der Waals surface area contributed by atoms with Gasteiger partial charge in [-0.1, -0.05) is 12.1 Å². The van der Waals surface area contributed by atoms with Crippen molar-refractivity contribution in [2.45, 2.75) is 33.7 Å². The van der Waals surface area contributed by atoms with Gasteiger partial charge in [-0.25, -0.2) is 14.4 Å². The minimum atomic E-state index is -0.195. The minimum absolute atomic E-state index is 0.195. The Bertz CT molecular complexity index is 666. The van der Waals surface area contributed by atoms with Crippen LogP contribution in [0, 0.1) is 19.7 Å². The Morgan fingerprint density at radius 3 is 2.78 bits per heavy atom. The molecule has 23 heavy (non-hydrogen) atoms. The van der Waals surface area contributed by atoms with E-state index in [1.165, 1.54) is 10.9 Å². The molecule has 0 saturated carbocycles. The number of hydrogen-bond donors (Lipinski definition) is 2. The van der Waals surface area contributed by atoms with Crippen molar-refractivity contribution in [3.05, 3.63) is 51.2 Å². The van der Waals surface area contributed by atoms with Crippen LogP contribution in [0.1, 0.15) is 28.1 Å². The number of thiazole rings is 1. The number of aliphatic imine (C=N–C) groups is 1. The first kappa shape index (κ1) is 17.4. The van der Waals surface area contributed by atoms with E-state index in [9.17, 15) is 4.39 Å². The van der Waals surface area contributed by atoms with Gasteiger partial charge < -0.3 is 10.6 Å². The van der Waals surface area contributed by atoms with Gasteiger partial charge in [0, 0.05) is 18.0 Å². The summed E-state index contributed by atoms with van der Waals surface area (Å²) in [7, 11) is 0. The fraction of sp³-hybridized carbons (Fsp3) is 0.412. The molecule has 0 aliphatic carbocycles.